The van der Waals surface area contributed by atoms with Crippen LogP contribution < -0.4 is 21.5 Å². The Kier molecular flexibility index (Phi) is 4.43. The van der Waals surface area contributed by atoms with Crippen molar-refractivity contribution in [2.75, 3.05) is 29.7 Å². The number of carbonyl (C=O) groups is 1. The lowest BCUT2D eigenvalue weighted by Crippen LogP contribution is -2.55. The minimum atomic E-state index is -0.191. The second kappa shape index (κ2) is 6.07. The maximum absolute atomic E-state index is 11.9. The topological polar surface area (TPSA) is 96.2 Å². The van der Waals surface area contributed by atoms with E-state index in [2.05, 4.69) is 20.7 Å². The monoisotopic (exact) mass is 282 g/mol. The van der Waals surface area contributed by atoms with Crippen LogP contribution in [0, 0.1) is 0 Å². The number of thioether (sulfide) groups is 1. The van der Waals surface area contributed by atoms with Crippen LogP contribution in [-0.2, 0) is 4.79 Å². The molecule has 0 aromatic carbocycles. The molecule has 1 saturated heterocycles. The van der Waals surface area contributed by atoms with Gasteiger partial charge < -0.3 is 15.6 Å². The third-order valence-corrected chi connectivity index (χ3v) is 3.58. The molecule has 1 aromatic heterocycles. The van der Waals surface area contributed by atoms with Gasteiger partial charge in [0.15, 0.2) is 5.16 Å². The van der Waals surface area contributed by atoms with E-state index in [1.165, 1.54) is 11.8 Å². The van der Waals surface area contributed by atoms with Gasteiger partial charge in [0.25, 0.3) is 0 Å². The third kappa shape index (κ3) is 2.90. The summed E-state index contributed by atoms with van der Waals surface area (Å²) in [5, 5.41) is 3.50. The predicted molar refractivity (Wildman–Crippen MR) is 76.1 cm³/mol. The van der Waals surface area contributed by atoms with Crippen LogP contribution in [0.5, 0.6) is 0 Å². The van der Waals surface area contributed by atoms with Crippen LogP contribution in [0.25, 0.3) is 0 Å². The molecule has 2 rings (SSSR count). The molecule has 0 spiro atoms. The third-order valence-electron chi connectivity index (χ3n) is 3.03. The fourth-order valence-corrected chi connectivity index (χ4v) is 2.49. The van der Waals surface area contributed by atoms with E-state index >= 15 is 0 Å². The fourth-order valence-electron chi connectivity index (χ4n) is 2.12. The van der Waals surface area contributed by atoms with Gasteiger partial charge in [0.2, 0.25) is 5.91 Å². The van der Waals surface area contributed by atoms with Crippen molar-refractivity contribution in [2.24, 2.45) is 5.84 Å². The van der Waals surface area contributed by atoms with Gasteiger partial charge in [-0.2, -0.15) is 0 Å². The molecule has 8 heteroatoms. The van der Waals surface area contributed by atoms with Gasteiger partial charge in [-0.1, -0.05) is 18.7 Å². The Bertz CT molecular complexity index is 446. The average Bonchev–Trinajstić information content (AvgIpc) is 2.46. The molecule has 1 aromatic rings. The Labute approximate surface area is 116 Å². The second-order valence-electron chi connectivity index (χ2n) is 4.15. The molecule has 1 aliphatic heterocycles. The van der Waals surface area contributed by atoms with E-state index < -0.39 is 0 Å². The minimum absolute atomic E-state index is 0.0420. The summed E-state index contributed by atoms with van der Waals surface area (Å²) in [4.78, 5) is 22.6. The normalized spacial score (nSPS) is 19.2. The van der Waals surface area contributed by atoms with E-state index in [1.807, 2.05) is 18.1 Å². The van der Waals surface area contributed by atoms with E-state index in [-0.39, 0.29) is 11.9 Å². The minimum Gasteiger partial charge on any atom is -0.353 e. The Morgan fingerprint density at radius 1 is 1.63 bits per heavy atom. The van der Waals surface area contributed by atoms with Crippen LogP contribution in [0.4, 0.5) is 11.6 Å². The van der Waals surface area contributed by atoms with Gasteiger partial charge in [-0.15, -0.1) is 0 Å². The molecule has 4 N–H and O–H groups in total. The Hall–Kier alpha value is -1.54. The van der Waals surface area contributed by atoms with E-state index in [0.29, 0.717) is 17.5 Å². The summed E-state index contributed by atoms with van der Waals surface area (Å²) in [6, 6.07) is 1.57. The average molecular weight is 282 g/mol. The summed E-state index contributed by atoms with van der Waals surface area (Å²) in [5.41, 5.74) is 2.53. The number of amides is 1. The van der Waals surface area contributed by atoms with E-state index in [9.17, 15) is 4.79 Å². The molecular weight excluding hydrogens is 264 g/mol. The number of nitrogens with two attached hydrogens (primary N) is 1. The van der Waals surface area contributed by atoms with Crippen LogP contribution >= 0.6 is 11.8 Å². The van der Waals surface area contributed by atoms with E-state index in [4.69, 9.17) is 5.84 Å². The molecule has 0 bridgehead atoms. The molecule has 1 aliphatic rings. The van der Waals surface area contributed by atoms with Gasteiger partial charge in [0.1, 0.15) is 17.7 Å². The number of hydrogen-bond acceptors (Lipinski definition) is 7. The highest BCUT2D eigenvalue weighted by Gasteiger charge is 2.29. The number of piperazine rings is 1. The number of nitrogens with one attached hydrogen (secondary N) is 2. The van der Waals surface area contributed by atoms with Gasteiger partial charge in [-0.25, -0.2) is 15.8 Å². The summed E-state index contributed by atoms with van der Waals surface area (Å²) in [5.74, 6) is 6.74. The number of hydrogen-bond donors (Lipinski definition) is 3. The lowest BCUT2D eigenvalue weighted by molar-refractivity contribution is -0.123. The SMILES string of the molecule is CCC1C(=O)NCCN1c1cc(NN)nc(SC)n1. The number of rotatable bonds is 4. The molecule has 1 amide bonds. The zero-order valence-electron chi connectivity index (χ0n) is 11.0. The first kappa shape index (κ1) is 13.9. The maximum atomic E-state index is 11.9. The van der Waals surface area contributed by atoms with Crippen molar-refractivity contribution < 1.29 is 4.79 Å². The number of nitrogens with zero attached hydrogens (tertiary/aromatic N) is 3. The lowest BCUT2D eigenvalue weighted by Gasteiger charge is -2.35. The maximum Gasteiger partial charge on any atom is 0.242 e. The number of aromatic nitrogens is 2. The molecule has 19 heavy (non-hydrogen) atoms. The molecule has 104 valence electrons. The number of carbonyl (C=O) groups excluding carboxylic acids is 1. The van der Waals surface area contributed by atoms with Crippen molar-refractivity contribution in [1.29, 1.82) is 0 Å². The Morgan fingerprint density at radius 2 is 2.42 bits per heavy atom. The molecular formula is C11H18N6OS. The Morgan fingerprint density at radius 3 is 3.05 bits per heavy atom. The van der Waals surface area contributed by atoms with Gasteiger partial charge >= 0.3 is 0 Å². The van der Waals surface area contributed by atoms with Gasteiger partial charge in [0, 0.05) is 19.2 Å². The smallest absolute Gasteiger partial charge is 0.242 e. The van der Waals surface area contributed by atoms with Crippen molar-refractivity contribution in [3.63, 3.8) is 0 Å². The summed E-state index contributed by atoms with van der Waals surface area (Å²) in [7, 11) is 0. The van der Waals surface area contributed by atoms with Crippen LogP contribution in [0.3, 0.4) is 0 Å². The first-order valence-corrected chi connectivity index (χ1v) is 7.36. The van der Waals surface area contributed by atoms with E-state index in [0.717, 1.165) is 18.8 Å². The van der Waals surface area contributed by atoms with Gasteiger partial charge in [-0.3, -0.25) is 4.79 Å². The highest BCUT2D eigenvalue weighted by Crippen LogP contribution is 2.23. The summed E-state index contributed by atoms with van der Waals surface area (Å²) >= 11 is 1.44. The summed E-state index contributed by atoms with van der Waals surface area (Å²) in [6.07, 6.45) is 2.63. The van der Waals surface area contributed by atoms with Crippen molar-refractivity contribution in [2.45, 2.75) is 24.5 Å². The highest BCUT2D eigenvalue weighted by molar-refractivity contribution is 7.98. The summed E-state index contributed by atoms with van der Waals surface area (Å²) < 4.78 is 0. The standard InChI is InChI=1S/C11H18N6OS/c1-3-7-10(18)13-4-5-17(7)9-6-8(16-12)14-11(15-9)19-2/h6-7H,3-5,12H2,1-2H3,(H,13,18)(H,14,15,16). The first-order valence-electron chi connectivity index (χ1n) is 6.13. The number of anilines is 2. The molecule has 2 heterocycles. The predicted octanol–water partition coefficient (Wildman–Crippen LogP) is 0.199. The van der Waals surface area contributed by atoms with Crippen LogP contribution in [0.15, 0.2) is 11.2 Å². The highest BCUT2D eigenvalue weighted by atomic mass is 32.2. The van der Waals surface area contributed by atoms with Crippen LogP contribution in [0.2, 0.25) is 0 Å². The Balaban J connectivity index is 2.35. The fraction of sp³-hybridized carbons (Fsp3) is 0.545. The van der Waals surface area contributed by atoms with Crippen molar-refractivity contribution >= 4 is 29.3 Å². The van der Waals surface area contributed by atoms with Gasteiger partial charge in [-0.05, 0) is 12.7 Å². The summed E-state index contributed by atoms with van der Waals surface area (Å²) in [6.45, 7) is 3.35. The van der Waals surface area contributed by atoms with Crippen LogP contribution in [-0.4, -0.2) is 41.3 Å². The molecule has 0 radical (unpaired) electrons. The quantitative estimate of drug-likeness (QED) is 0.314. The van der Waals surface area contributed by atoms with Crippen molar-refractivity contribution in [1.82, 2.24) is 15.3 Å². The molecule has 7 nitrogen and oxygen atoms in total. The van der Waals surface area contributed by atoms with Crippen molar-refractivity contribution in [3.05, 3.63) is 6.07 Å². The zero-order valence-corrected chi connectivity index (χ0v) is 11.8. The van der Waals surface area contributed by atoms with Crippen LogP contribution in [0.1, 0.15) is 13.3 Å². The van der Waals surface area contributed by atoms with E-state index in [1.54, 1.807) is 6.07 Å². The first-order chi connectivity index (χ1) is 9.19. The molecule has 1 atom stereocenters. The molecule has 0 saturated carbocycles. The number of hydrazine groups is 1. The lowest BCUT2D eigenvalue weighted by atomic mass is 10.1. The zero-order chi connectivity index (χ0) is 13.8. The number of nitrogen functional groups attached to an aromatic ring is 1. The molecule has 1 unspecified atom stereocenters. The van der Waals surface area contributed by atoms with Gasteiger partial charge in [0.05, 0.1) is 0 Å². The second-order valence-corrected chi connectivity index (χ2v) is 4.92. The van der Waals surface area contributed by atoms with Crippen molar-refractivity contribution in [3.8, 4) is 0 Å². The molecule has 1 fully saturated rings. The molecule has 0 aliphatic carbocycles. The largest absolute Gasteiger partial charge is 0.353 e.